The van der Waals surface area contributed by atoms with Gasteiger partial charge in [0.15, 0.2) is 0 Å². The Morgan fingerprint density at radius 1 is 1.50 bits per heavy atom. The first kappa shape index (κ1) is 9.55. The van der Waals surface area contributed by atoms with Crippen LogP contribution in [0.4, 0.5) is 13.2 Å². The van der Waals surface area contributed by atoms with Crippen molar-refractivity contribution in [1.82, 2.24) is 0 Å². The maximum Gasteiger partial charge on any atom is 0.522 e. The van der Waals surface area contributed by atoms with Crippen LogP contribution in [0.2, 0.25) is 0 Å². The van der Waals surface area contributed by atoms with Crippen molar-refractivity contribution in [1.29, 1.82) is 0 Å². The van der Waals surface area contributed by atoms with Crippen LogP contribution in [0.3, 0.4) is 0 Å². The van der Waals surface area contributed by atoms with Crippen LogP contribution in [-0.4, -0.2) is 24.7 Å². The first-order valence-electron chi connectivity index (χ1n) is 2.30. The van der Waals surface area contributed by atoms with Crippen molar-refractivity contribution in [3.8, 4) is 0 Å². The molecule has 0 bridgehead atoms. The van der Waals surface area contributed by atoms with Crippen LogP contribution in [0.25, 0.3) is 0 Å². The first-order valence-corrected chi connectivity index (χ1v) is 2.71. The minimum atomic E-state index is -4.57. The molecule has 0 saturated carbocycles. The lowest BCUT2D eigenvalue weighted by Gasteiger charge is -2.03. The number of nitrogens with zero attached hydrogens (tertiary/aromatic N) is 1. The van der Waals surface area contributed by atoms with E-state index in [0.717, 1.165) is 0 Å². The first-order chi connectivity index (χ1) is 4.56. The van der Waals surface area contributed by atoms with Gasteiger partial charge in [-0.2, -0.15) is 0 Å². The second-order valence-electron chi connectivity index (χ2n) is 1.27. The van der Waals surface area contributed by atoms with Gasteiger partial charge in [0.2, 0.25) is 0 Å². The third kappa shape index (κ3) is 7.55. The largest absolute Gasteiger partial charge is 0.522 e. The Morgan fingerprint density at radius 2 is 2.10 bits per heavy atom. The van der Waals surface area contributed by atoms with E-state index in [1.165, 1.54) is 0 Å². The fourth-order valence-corrected chi connectivity index (χ4v) is 0.344. The molecule has 0 heterocycles. The molecule has 0 spiro atoms. The molecule has 0 amide bonds. The van der Waals surface area contributed by atoms with E-state index in [0.29, 0.717) is 0 Å². The summed E-state index contributed by atoms with van der Waals surface area (Å²) < 4.78 is 36.9. The van der Waals surface area contributed by atoms with Crippen molar-refractivity contribution >= 4 is 17.4 Å². The molecule has 0 unspecified atom stereocenters. The van der Waals surface area contributed by atoms with Gasteiger partial charge in [-0.15, -0.1) is 13.2 Å². The number of isothiocyanates is 1. The summed E-state index contributed by atoms with van der Waals surface area (Å²) in [7, 11) is 0. The van der Waals surface area contributed by atoms with E-state index in [4.69, 9.17) is 0 Å². The molecule has 58 valence electrons. The molecule has 10 heavy (non-hydrogen) atoms. The van der Waals surface area contributed by atoms with E-state index < -0.39 is 13.0 Å². The summed E-state index contributed by atoms with van der Waals surface area (Å²) >= 11 is 4.11. The van der Waals surface area contributed by atoms with E-state index in [1.54, 1.807) is 0 Å². The Morgan fingerprint density at radius 3 is 2.50 bits per heavy atom. The zero-order valence-electron chi connectivity index (χ0n) is 4.81. The maximum atomic E-state index is 11.2. The molecular formula is C4H4F3NOS. The molecule has 0 aliphatic heterocycles. The van der Waals surface area contributed by atoms with E-state index in [2.05, 4.69) is 21.9 Å². The van der Waals surface area contributed by atoms with E-state index in [1.807, 2.05) is 5.16 Å². The lowest BCUT2D eigenvalue weighted by atomic mass is 10.7. The molecule has 0 aromatic carbocycles. The highest BCUT2D eigenvalue weighted by molar-refractivity contribution is 7.78. The van der Waals surface area contributed by atoms with Crippen molar-refractivity contribution in [2.24, 2.45) is 4.99 Å². The molecule has 0 fully saturated rings. The molecule has 0 radical (unpaired) electrons. The summed E-state index contributed by atoms with van der Waals surface area (Å²) in [5, 5.41) is 1.91. The molecule has 0 aliphatic carbocycles. The third-order valence-electron chi connectivity index (χ3n) is 0.533. The molecule has 0 atom stereocenters. The van der Waals surface area contributed by atoms with Crippen molar-refractivity contribution in [3.63, 3.8) is 0 Å². The molecule has 0 N–H and O–H groups in total. The number of alkyl halides is 3. The number of halogens is 3. The van der Waals surface area contributed by atoms with Gasteiger partial charge in [-0.25, -0.2) is 4.99 Å². The third-order valence-corrected chi connectivity index (χ3v) is 0.662. The van der Waals surface area contributed by atoms with Crippen molar-refractivity contribution in [3.05, 3.63) is 0 Å². The summed E-state index contributed by atoms with van der Waals surface area (Å²) in [5.41, 5.74) is 0. The lowest BCUT2D eigenvalue weighted by molar-refractivity contribution is -0.323. The van der Waals surface area contributed by atoms with E-state index >= 15 is 0 Å². The van der Waals surface area contributed by atoms with Gasteiger partial charge >= 0.3 is 6.36 Å². The molecule has 0 saturated heterocycles. The Balaban J connectivity index is 3.28. The SMILES string of the molecule is FC(F)(F)OCCN=C=S. The quantitative estimate of drug-likeness (QED) is 0.365. The van der Waals surface area contributed by atoms with Gasteiger partial charge in [-0.05, 0) is 12.2 Å². The van der Waals surface area contributed by atoms with Gasteiger partial charge in [-0.1, -0.05) is 0 Å². The minimum absolute atomic E-state index is 0.108. The second kappa shape index (κ2) is 4.38. The number of thiocarbonyl (C=S) groups is 1. The Labute approximate surface area is 60.7 Å². The Kier molecular flexibility index (Phi) is 4.18. The van der Waals surface area contributed by atoms with Crippen molar-refractivity contribution in [2.45, 2.75) is 6.36 Å². The maximum absolute atomic E-state index is 11.2. The number of hydrogen-bond donors (Lipinski definition) is 0. The average molecular weight is 171 g/mol. The zero-order valence-corrected chi connectivity index (χ0v) is 5.63. The fraction of sp³-hybridized carbons (Fsp3) is 0.750. The predicted octanol–water partition coefficient (Wildman–Crippen LogP) is 1.63. The summed E-state index contributed by atoms with van der Waals surface area (Å²) in [4.78, 5) is 3.21. The van der Waals surface area contributed by atoms with Crippen LogP contribution in [0.5, 0.6) is 0 Å². The minimum Gasteiger partial charge on any atom is -0.290 e. The fourth-order valence-electron chi connectivity index (χ4n) is 0.253. The molecule has 0 aliphatic rings. The molecule has 0 aromatic heterocycles. The zero-order chi connectivity index (χ0) is 8.04. The van der Waals surface area contributed by atoms with Gasteiger partial charge in [0.1, 0.15) is 0 Å². The highest BCUT2D eigenvalue weighted by atomic mass is 32.1. The van der Waals surface area contributed by atoms with Crippen LogP contribution >= 0.6 is 12.2 Å². The number of rotatable bonds is 3. The molecule has 6 heteroatoms. The predicted molar refractivity (Wildman–Crippen MR) is 31.9 cm³/mol. The van der Waals surface area contributed by atoms with E-state index in [9.17, 15) is 13.2 Å². The molecule has 0 aromatic rings. The van der Waals surface area contributed by atoms with Crippen LogP contribution in [0.15, 0.2) is 4.99 Å². The molecular weight excluding hydrogens is 167 g/mol. The standard InChI is InChI=1S/C4H4F3NOS/c5-4(6,7)9-2-1-8-3-10/h1-2H2. The summed E-state index contributed by atoms with van der Waals surface area (Å²) in [6.45, 7) is -0.615. The lowest BCUT2D eigenvalue weighted by Crippen LogP contribution is -2.15. The van der Waals surface area contributed by atoms with Gasteiger partial charge in [0.05, 0.1) is 18.3 Å². The Hall–Kier alpha value is -0.450. The summed E-state index contributed by atoms with van der Waals surface area (Å²) in [5.74, 6) is 0. The summed E-state index contributed by atoms with van der Waals surface area (Å²) in [6.07, 6.45) is -4.57. The monoisotopic (exact) mass is 171 g/mol. The van der Waals surface area contributed by atoms with Gasteiger partial charge in [0.25, 0.3) is 0 Å². The highest BCUT2D eigenvalue weighted by Gasteiger charge is 2.28. The van der Waals surface area contributed by atoms with Crippen LogP contribution < -0.4 is 0 Å². The van der Waals surface area contributed by atoms with Gasteiger partial charge in [-0.3, -0.25) is 4.74 Å². The topological polar surface area (TPSA) is 21.6 Å². The van der Waals surface area contributed by atoms with Crippen LogP contribution in [0, 0.1) is 0 Å². The number of aliphatic imine (C=N–C) groups is 1. The second-order valence-corrected chi connectivity index (χ2v) is 1.45. The van der Waals surface area contributed by atoms with E-state index in [-0.39, 0.29) is 6.54 Å². The Bertz CT molecular complexity index is 140. The van der Waals surface area contributed by atoms with Crippen molar-refractivity contribution in [2.75, 3.05) is 13.2 Å². The highest BCUT2D eigenvalue weighted by Crippen LogP contribution is 2.15. The molecule has 2 nitrogen and oxygen atoms in total. The normalized spacial score (nSPS) is 10.7. The number of hydrogen-bond acceptors (Lipinski definition) is 3. The van der Waals surface area contributed by atoms with Crippen LogP contribution in [0.1, 0.15) is 0 Å². The van der Waals surface area contributed by atoms with Gasteiger partial charge in [0, 0.05) is 0 Å². The average Bonchev–Trinajstić information content (AvgIpc) is 1.78. The number of ether oxygens (including phenoxy) is 1. The summed E-state index contributed by atoms with van der Waals surface area (Å²) in [6, 6.07) is 0. The smallest absolute Gasteiger partial charge is 0.290 e. The molecule has 0 rings (SSSR count). The van der Waals surface area contributed by atoms with Crippen LogP contribution in [-0.2, 0) is 4.74 Å². The van der Waals surface area contributed by atoms with Gasteiger partial charge < -0.3 is 0 Å². The van der Waals surface area contributed by atoms with Crippen molar-refractivity contribution < 1.29 is 17.9 Å².